The minimum absolute atomic E-state index is 0.00136. The van der Waals surface area contributed by atoms with E-state index < -0.39 is 0 Å². The van der Waals surface area contributed by atoms with Crippen LogP contribution in [0.25, 0.3) is 31.3 Å². The minimum Gasteiger partial charge on any atom is -0.334 e. The molecule has 0 amide bonds. The maximum Gasteiger partial charge on any atom is 0.252 e. The van der Waals surface area contributed by atoms with Gasteiger partial charge in [-0.3, -0.25) is 0 Å². The zero-order valence-electron chi connectivity index (χ0n) is 56.9. The van der Waals surface area contributed by atoms with E-state index in [1.165, 1.54) is 169 Å². The van der Waals surface area contributed by atoms with E-state index in [2.05, 4.69) is 273 Å². The highest BCUT2D eigenvalue weighted by atomic mass is 32.1. The standard InChI is InChI=1S/C84H94BN3S/c1-50-40-57-62(82(15,16)49-81(57,13)14)46-68(50)87-70-48-61-59(78(7,8)37-39-80(61,11)12)45-65(70)85-64-44-58-60(79(9,10)38-36-77(58,5)6)47-69(64)86(67-26-23-25-56-55-24-19-20-27-73(55)89-75(56)67)71-42-54(43-72(87)74(71)85)88-66-33-30-52(51-28-31-53(32-29-51)76(2,3)4)41-63(66)83(17)34-21-22-35-84(83,88)18/h19-20,23-33,40-48H,21-22,34-39,49H2,1-18H3. The largest absolute Gasteiger partial charge is 0.334 e. The first-order chi connectivity index (χ1) is 41.8. The molecule has 89 heavy (non-hydrogen) atoms. The highest BCUT2D eigenvalue weighted by Gasteiger charge is 2.59. The van der Waals surface area contributed by atoms with Gasteiger partial charge in [0.15, 0.2) is 0 Å². The van der Waals surface area contributed by atoms with Crippen molar-refractivity contribution in [2.24, 2.45) is 0 Å². The predicted octanol–water partition coefficient (Wildman–Crippen LogP) is 21.8. The molecule has 9 aromatic rings. The van der Waals surface area contributed by atoms with Gasteiger partial charge in [-0.1, -0.05) is 202 Å². The van der Waals surface area contributed by atoms with Gasteiger partial charge in [-0.25, -0.2) is 0 Å². The van der Waals surface area contributed by atoms with Gasteiger partial charge in [0.1, 0.15) is 0 Å². The van der Waals surface area contributed by atoms with Crippen LogP contribution in [0.2, 0.25) is 0 Å². The lowest BCUT2D eigenvalue weighted by molar-refractivity contribution is 0.195. The monoisotopic (exact) mass is 1190 g/mol. The maximum atomic E-state index is 2.90. The van der Waals surface area contributed by atoms with Crippen LogP contribution in [0.3, 0.4) is 0 Å². The summed E-state index contributed by atoms with van der Waals surface area (Å²) in [6.45, 7) is 44.9. The second kappa shape index (κ2) is 18.4. The maximum absolute atomic E-state index is 2.90. The van der Waals surface area contributed by atoms with Gasteiger partial charge >= 0.3 is 0 Å². The molecular weight excluding hydrogens is 1090 g/mol. The van der Waals surface area contributed by atoms with Crippen LogP contribution < -0.4 is 31.1 Å². The van der Waals surface area contributed by atoms with Gasteiger partial charge in [-0.2, -0.15) is 0 Å². The molecule has 7 aliphatic rings. The van der Waals surface area contributed by atoms with Gasteiger partial charge < -0.3 is 14.7 Å². The topological polar surface area (TPSA) is 9.72 Å². The van der Waals surface area contributed by atoms with Crippen molar-refractivity contribution >= 4 is 100 Å². The molecule has 1 fully saturated rings. The number of fused-ring (bicyclic) bond motifs is 13. The Labute approximate surface area is 537 Å². The van der Waals surface area contributed by atoms with Crippen LogP contribution in [-0.4, -0.2) is 12.3 Å². The molecule has 2 atom stereocenters. The Kier molecular flexibility index (Phi) is 11.9. The van der Waals surface area contributed by atoms with Gasteiger partial charge in [0.25, 0.3) is 6.71 Å². The lowest BCUT2D eigenvalue weighted by Crippen LogP contribution is -2.62. The van der Waals surface area contributed by atoms with Crippen molar-refractivity contribution in [1.29, 1.82) is 0 Å². The fraction of sp³-hybridized carbons (Fsp3) is 0.429. The Morgan fingerprint density at radius 2 is 0.921 bits per heavy atom. The summed E-state index contributed by atoms with van der Waals surface area (Å²) in [7, 11) is 0. The van der Waals surface area contributed by atoms with Crippen LogP contribution in [0, 0.1) is 6.92 Å². The van der Waals surface area contributed by atoms with E-state index in [0.717, 1.165) is 32.1 Å². The third-order valence-electron chi connectivity index (χ3n) is 25.0. The van der Waals surface area contributed by atoms with Gasteiger partial charge in [-0.05, 0) is 229 Å². The number of hydrogen-bond acceptors (Lipinski definition) is 4. The van der Waals surface area contributed by atoms with Crippen LogP contribution in [0.1, 0.15) is 226 Å². The van der Waals surface area contributed by atoms with Crippen molar-refractivity contribution in [2.45, 2.75) is 231 Å². The highest BCUT2D eigenvalue weighted by Crippen LogP contribution is 2.64. The second-order valence-electron chi connectivity index (χ2n) is 34.5. The molecule has 0 spiro atoms. The molecule has 4 heterocycles. The summed E-state index contributed by atoms with van der Waals surface area (Å²) in [6, 6.07) is 55.2. The number of hydrogen-bond donors (Lipinski definition) is 0. The number of anilines is 8. The van der Waals surface area contributed by atoms with Gasteiger partial charge in [-0.15, -0.1) is 11.3 Å². The molecule has 3 aliphatic heterocycles. The first-order valence-electron chi connectivity index (χ1n) is 34.1. The van der Waals surface area contributed by atoms with E-state index in [-0.39, 0.29) is 55.6 Å². The van der Waals surface area contributed by atoms with Gasteiger partial charge in [0, 0.05) is 60.7 Å². The van der Waals surface area contributed by atoms with Gasteiger partial charge in [0.2, 0.25) is 0 Å². The summed E-state index contributed by atoms with van der Waals surface area (Å²) < 4.78 is 2.69. The fourth-order valence-corrected chi connectivity index (χ4v) is 20.7. The predicted molar refractivity (Wildman–Crippen MR) is 386 cm³/mol. The molecule has 0 bridgehead atoms. The van der Waals surface area contributed by atoms with Crippen LogP contribution in [0.5, 0.6) is 0 Å². The van der Waals surface area contributed by atoms with Crippen LogP contribution in [-0.2, 0) is 43.3 Å². The molecule has 0 N–H and O–H groups in total. The summed E-state index contributed by atoms with van der Waals surface area (Å²) in [5.41, 5.74) is 30.7. The van der Waals surface area contributed by atoms with Crippen LogP contribution >= 0.6 is 11.3 Å². The van der Waals surface area contributed by atoms with Crippen molar-refractivity contribution in [3.63, 3.8) is 0 Å². The van der Waals surface area contributed by atoms with Gasteiger partial charge in [0.05, 0.1) is 15.9 Å². The molecule has 5 heteroatoms. The lowest BCUT2D eigenvalue weighted by Gasteiger charge is -2.52. The zero-order chi connectivity index (χ0) is 62.4. The first-order valence-corrected chi connectivity index (χ1v) is 34.9. The Balaban J connectivity index is 1.06. The van der Waals surface area contributed by atoms with Crippen molar-refractivity contribution in [2.75, 3.05) is 14.7 Å². The Hall–Kier alpha value is -6.56. The molecule has 454 valence electrons. The normalized spacial score (nSPS) is 23.3. The molecule has 0 saturated heterocycles. The molecule has 3 nitrogen and oxygen atoms in total. The lowest BCUT2D eigenvalue weighted by atomic mass is 9.32. The van der Waals surface area contributed by atoms with Crippen molar-refractivity contribution in [3.05, 3.63) is 184 Å². The number of benzene rings is 8. The number of rotatable bonds is 4. The van der Waals surface area contributed by atoms with E-state index in [1.807, 2.05) is 11.3 Å². The summed E-state index contributed by atoms with van der Waals surface area (Å²) in [6.07, 6.45) is 10.5. The van der Waals surface area contributed by atoms with Crippen molar-refractivity contribution in [3.8, 4) is 11.1 Å². The highest BCUT2D eigenvalue weighted by molar-refractivity contribution is 7.26. The Morgan fingerprint density at radius 1 is 0.416 bits per heavy atom. The molecule has 0 radical (unpaired) electrons. The zero-order valence-corrected chi connectivity index (χ0v) is 57.7. The van der Waals surface area contributed by atoms with E-state index >= 15 is 0 Å². The third kappa shape index (κ3) is 8.00. The van der Waals surface area contributed by atoms with E-state index in [0.29, 0.717) is 0 Å². The van der Waals surface area contributed by atoms with Crippen LogP contribution in [0.4, 0.5) is 45.5 Å². The molecular formula is C84H94BN3S. The SMILES string of the molecule is Cc1cc2c(cc1N1c3cc4c(cc3B3c5cc6c(cc5N(c5cccc7c5sc5ccccc57)c5cc(N7c8ccc(-c9ccc(C(C)(C)C)cc9)cc8C8(C)CCCCC78C)cc1c53)C(C)(C)CCC6(C)C)C(C)(C)CCC4(C)C)C(C)(C)CC2(C)C. The fourth-order valence-electron chi connectivity index (χ4n) is 19.5. The second-order valence-corrected chi connectivity index (χ2v) is 35.6. The quantitative estimate of drug-likeness (QED) is 0.163. The van der Waals surface area contributed by atoms with E-state index in [4.69, 9.17) is 0 Å². The molecule has 8 aromatic carbocycles. The first kappa shape index (κ1) is 57.6. The third-order valence-corrected chi connectivity index (χ3v) is 26.2. The molecule has 16 rings (SSSR count). The Morgan fingerprint density at radius 3 is 1.52 bits per heavy atom. The molecule has 2 unspecified atom stereocenters. The minimum atomic E-state index is -0.203. The van der Waals surface area contributed by atoms with Crippen molar-refractivity contribution in [1.82, 2.24) is 0 Å². The average Bonchev–Trinajstić information content (AvgIpc) is 1.56. The summed E-state index contributed by atoms with van der Waals surface area (Å²) in [4.78, 5) is 8.57. The van der Waals surface area contributed by atoms with E-state index in [1.54, 1.807) is 0 Å². The summed E-state index contributed by atoms with van der Waals surface area (Å²) in [5.74, 6) is 0. The smallest absolute Gasteiger partial charge is 0.252 e. The number of aryl methyl sites for hydroxylation is 1. The average molecular weight is 1190 g/mol. The van der Waals surface area contributed by atoms with E-state index in [9.17, 15) is 0 Å². The molecule has 1 saturated carbocycles. The Bertz CT molecular complexity index is 4540. The molecule has 1 aromatic heterocycles. The molecule has 4 aliphatic carbocycles. The summed E-state index contributed by atoms with van der Waals surface area (Å²) >= 11 is 1.97. The van der Waals surface area contributed by atoms with Crippen molar-refractivity contribution < 1.29 is 0 Å². The summed E-state index contributed by atoms with van der Waals surface area (Å²) in [5, 5.41) is 2.67. The number of nitrogens with zero attached hydrogens (tertiary/aromatic N) is 3. The van der Waals surface area contributed by atoms with Crippen LogP contribution in [0.15, 0.2) is 133 Å². The number of thiophene rings is 1.